The van der Waals surface area contributed by atoms with Crippen LogP contribution in [0.4, 0.5) is 22.0 Å². The molecule has 2 fully saturated rings. The number of carbonyl (C=O) groups is 2. The van der Waals surface area contributed by atoms with Crippen molar-refractivity contribution in [2.24, 2.45) is 17.8 Å². The highest BCUT2D eigenvalue weighted by molar-refractivity contribution is 7.92. The van der Waals surface area contributed by atoms with Crippen molar-refractivity contribution in [3.8, 4) is 0 Å². The molecule has 0 aromatic heterocycles. The zero-order valence-corrected chi connectivity index (χ0v) is 22.4. The zero-order valence-electron chi connectivity index (χ0n) is 21.5. The van der Waals surface area contributed by atoms with Gasteiger partial charge in [-0.2, -0.15) is 13.2 Å². The van der Waals surface area contributed by atoms with Gasteiger partial charge >= 0.3 is 12.1 Å². The minimum absolute atomic E-state index is 0.0154. The largest absolute Gasteiger partial charge is 0.481 e. The Morgan fingerprint density at radius 2 is 1.70 bits per heavy atom. The fraction of sp³-hybridized carbons (Fsp3) is 0.500. The van der Waals surface area contributed by atoms with Crippen molar-refractivity contribution in [1.82, 2.24) is 4.90 Å². The van der Waals surface area contributed by atoms with Crippen LogP contribution in [0.1, 0.15) is 49.3 Å². The van der Waals surface area contributed by atoms with Crippen molar-refractivity contribution < 1.29 is 45.1 Å². The summed E-state index contributed by atoms with van der Waals surface area (Å²) in [5.74, 6) is -4.27. The molecule has 1 saturated heterocycles. The number of carboxylic acids is 1. The summed E-state index contributed by atoms with van der Waals surface area (Å²) in [7, 11) is -4.33. The van der Waals surface area contributed by atoms with E-state index in [1.165, 1.54) is 11.0 Å². The number of sulfone groups is 1. The molecule has 1 N–H and O–H groups in total. The van der Waals surface area contributed by atoms with Crippen LogP contribution < -0.4 is 0 Å². The first-order chi connectivity index (χ1) is 18.6. The van der Waals surface area contributed by atoms with Gasteiger partial charge in [0, 0.05) is 19.0 Å². The first kappa shape index (κ1) is 28.5. The molecule has 216 valence electrons. The summed E-state index contributed by atoms with van der Waals surface area (Å²) < 4.78 is 96.0. The molecule has 0 radical (unpaired) electrons. The number of alkyl halides is 4. The Morgan fingerprint density at radius 3 is 2.30 bits per heavy atom. The molecule has 0 bridgehead atoms. The molecular weight excluding hydrogens is 557 g/mol. The van der Waals surface area contributed by atoms with E-state index in [1.54, 1.807) is 0 Å². The van der Waals surface area contributed by atoms with E-state index in [1.807, 2.05) is 0 Å². The monoisotopic (exact) mass is 585 g/mol. The number of likely N-dealkylation sites (tertiary alicyclic amines) is 1. The zero-order chi connectivity index (χ0) is 29.3. The number of hydrogen-bond donors (Lipinski definition) is 1. The number of fused-ring (bicyclic) bond motifs is 3. The third kappa shape index (κ3) is 4.21. The first-order valence-electron chi connectivity index (χ1n) is 13.0. The molecule has 5 rings (SSSR count). The average Bonchev–Trinajstić information content (AvgIpc) is 3.54. The van der Waals surface area contributed by atoms with Crippen LogP contribution in [0, 0.1) is 23.6 Å². The Labute approximate surface area is 228 Å². The van der Waals surface area contributed by atoms with Crippen molar-refractivity contribution in [2.75, 3.05) is 13.1 Å². The quantitative estimate of drug-likeness (QED) is 0.387. The van der Waals surface area contributed by atoms with E-state index in [4.69, 9.17) is 0 Å². The van der Waals surface area contributed by atoms with Gasteiger partial charge in [-0.05, 0) is 85.9 Å². The summed E-state index contributed by atoms with van der Waals surface area (Å²) in [6, 6.07) is 7.47. The molecule has 2 aliphatic carbocycles. The van der Waals surface area contributed by atoms with Crippen LogP contribution in [0.2, 0.25) is 0 Å². The molecule has 1 amide bonds. The molecule has 1 heterocycles. The Morgan fingerprint density at radius 1 is 1.02 bits per heavy atom. The highest BCUT2D eigenvalue weighted by atomic mass is 32.2. The van der Waals surface area contributed by atoms with E-state index in [0.717, 1.165) is 36.4 Å². The summed E-state index contributed by atoms with van der Waals surface area (Å²) >= 11 is 0. The van der Waals surface area contributed by atoms with Gasteiger partial charge in [0.05, 0.1) is 10.8 Å². The predicted octanol–water partition coefficient (Wildman–Crippen LogP) is 5.15. The van der Waals surface area contributed by atoms with Gasteiger partial charge in [0.25, 0.3) is 0 Å². The van der Waals surface area contributed by atoms with Gasteiger partial charge < -0.3 is 10.0 Å². The number of carbonyl (C=O) groups excluding carboxylic acids is 1. The lowest BCUT2D eigenvalue weighted by atomic mass is 9.72. The number of nitrogens with zero attached hydrogens (tertiary/aromatic N) is 1. The van der Waals surface area contributed by atoms with Gasteiger partial charge in [-0.1, -0.05) is 18.2 Å². The lowest BCUT2D eigenvalue weighted by molar-refractivity contribution is -0.228. The van der Waals surface area contributed by atoms with Crippen LogP contribution in [0.15, 0.2) is 47.4 Å². The summed E-state index contributed by atoms with van der Waals surface area (Å²) in [6.45, 7) is 0.654. The van der Waals surface area contributed by atoms with Gasteiger partial charge in [-0.3, -0.25) is 9.59 Å². The molecule has 5 atom stereocenters. The molecule has 0 spiro atoms. The lowest BCUT2D eigenvalue weighted by Gasteiger charge is -2.43. The molecule has 2 aromatic carbocycles. The van der Waals surface area contributed by atoms with Crippen molar-refractivity contribution in [1.29, 1.82) is 0 Å². The van der Waals surface area contributed by atoms with Gasteiger partial charge in [-0.15, -0.1) is 0 Å². The highest BCUT2D eigenvalue weighted by Crippen LogP contribution is 2.60. The number of hydrogen-bond acceptors (Lipinski definition) is 4. The number of amides is 1. The van der Waals surface area contributed by atoms with Gasteiger partial charge in [0.1, 0.15) is 10.6 Å². The predicted molar refractivity (Wildman–Crippen MR) is 133 cm³/mol. The van der Waals surface area contributed by atoms with Crippen LogP contribution in [0.25, 0.3) is 0 Å². The van der Waals surface area contributed by atoms with Crippen molar-refractivity contribution >= 4 is 21.7 Å². The Kier molecular flexibility index (Phi) is 6.79. The second kappa shape index (κ2) is 9.53. The molecule has 1 aliphatic heterocycles. The van der Waals surface area contributed by atoms with Crippen LogP contribution >= 0.6 is 0 Å². The van der Waals surface area contributed by atoms with E-state index >= 15 is 0 Å². The molecule has 6 nitrogen and oxygen atoms in total. The van der Waals surface area contributed by atoms with E-state index < -0.39 is 61.5 Å². The average molecular weight is 586 g/mol. The lowest BCUT2D eigenvalue weighted by Crippen LogP contribution is -2.47. The SMILES string of the molecule is CC(F)(c1ccc2c(c1)CC[C@H]1[C@H](C(=O)N3CCC(C(=O)O)C3)CC[C@@]21S(=O)(=O)c1ccc(F)cc1)C(F)(F)F. The third-order valence-electron chi connectivity index (χ3n) is 9.04. The van der Waals surface area contributed by atoms with Crippen LogP contribution in [-0.2, 0) is 36.3 Å². The van der Waals surface area contributed by atoms with E-state index in [0.29, 0.717) is 6.92 Å². The minimum Gasteiger partial charge on any atom is -0.481 e. The van der Waals surface area contributed by atoms with Crippen molar-refractivity contribution in [2.45, 2.75) is 60.5 Å². The number of rotatable bonds is 5. The maximum atomic E-state index is 14.9. The van der Waals surface area contributed by atoms with Crippen LogP contribution in [0.3, 0.4) is 0 Å². The van der Waals surface area contributed by atoms with E-state index in [9.17, 15) is 45.1 Å². The number of benzene rings is 2. The maximum Gasteiger partial charge on any atom is 0.426 e. The third-order valence-corrected chi connectivity index (χ3v) is 11.6. The number of aliphatic carboxylic acids is 1. The van der Waals surface area contributed by atoms with Gasteiger partial charge in [0.2, 0.25) is 11.6 Å². The number of carboxylic acid groups (broad SMARTS) is 1. The topological polar surface area (TPSA) is 91.8 Å². The first-order valence-corrected chi connectivity index (χ1v) is 14.5. The maximum absolute atomic E-state index is 14.9. The Balaban J connectivity index is 1.62. The fourth-order valence-corrected chi connectivity index (χ4v) is 9.30. The molecular formula is C28H28F5NO5S. The molecule has 40 heavy (non-hydrogen) atoms. The summed E-state index contributed by atoms with van der Waals surface area (Å²) in [5, 5.41) is 9.36. The smallest absolute Gasteiger partial charge is 0.426 e. The summed E-state index contributed by atoms with van der Waals surface area (Å²) in [6.07, 6.45) is -4.51. The normalized spacial score (nSPS) is 28.1. The van der Waals surface area contributed by atoms with Crippen molar-refractivity contribution in [3.63, 3.8) is 0 Å². The number of halogens is 5. The van der Waals surface area contributed by atoms with Crippen LogP contribution in [0.5, 0.6) is 0 Å². The molecule has 2 unspecified atom stereocenters. The molecule has 3 aliphatic rings. The Hall–Kier alpha value is -3.02. The second-order valence-electron chi connectivity index (χ2n) is 11.1. The van der Waals surface area contributed by atoms with Crippen molar-refractivity contribution in [3.05, 3.63) is 65.0 Å². The fourth-order valence-electron chi connectivity index (χ4n) is 6.82. The Bertz CT molecular complexity index is 1460. The molecule has 1 saturated carbocycles. The van der Waals surface area contributed by atoms with Crippen LogP contribution in [-0.4, -0.2) is 49.6 Å². The van der Waals surface area contributed by atoms with Gasteiger partial charge in [0.15, 0.2) is 9.84 Å². The summed E-state index contributed by atoms with van der Waals surface area (Å²) in [4.78, 5) is 26.3. The second-order valence-corrected chi connectivity index (χ2v) is 13.3. The van der Waals surface area contributed by atoms with E-state index in [-0.39, 0.29) is 67.1 Å². The number of aryl methyl sites for hydroxylation is 1. The minimum atomic E-state index is -5.19. The van der Waals surface area contributed by atoms with Gasteiger partial charge in [-0.25, -0.2) is 17.2 Å². The van der Waals surface area contributed by atoms with E-state index in [2.05, 4.69) is 0 Å². The molecule has 2 aromatic rings. The highest BCUT2D eigenvalue weighted by Gasteiger charge is 2.62. The summed E-state index contributed by atoms with van der Waals surface area (Å²) in [5.41, 5.74) is -3.83. The molecule has 12 heteroatoms. The standard InChI is InChI=1S/C28H28F5NO5S/c1-26(30,28(31,32)33)18-3-9-22-16(14-18)2-8-23-21(24(35)34-13-11-17(15-34)25(36)37)10-12-27(22,23)40(38,39)20-6-4-19(29)5-7-20/h3-7,9,14,17,21,23H,2,8,10-13,15H2,1H3,(H,36,37)/t17?,21-,23+,26?,27-/m1/s1.